The molecule has 0 aliphatic carbocycles. The van der Waals surface area contributed by atoms with Gasteiger partial charge in [0, 0.05) is 24.9 Å². The van der Waals surface area contributed by atoms with Crippen LogP contribution in [0.3, 0.4) is 0 Å². The minimum absolute atomic E-state index is 0.108. The van der Waals surface area contributed by atoms with Crippen LogP contribution < -0.4 is 5.32 Å². The summed E-state index contributed by atoms with van der Waals surface area (Å²) in [6.07, 6.45) is 2.22. The Morgan fingerprint density at radius 1 is 0.833 bits per heavy atom. The van der Waals surface area contributed by atoms with Gasteiger partial charge in [0.15, 0.2) is 0 Å². The molecule has 0 aliphatic rings. The molecular weight excluding hydrogens is 451 g/mol. The predicted molar refractivity (Wildman–Crippen MR) is 143 cm³/mol. The number of carbonyl (C=O) groups excluding carboxylic acids is 2. The van der Waals surface area contributed by atoms with Gasteiger partial charge in [0.2, 0.25) is 11.8 Å². The van der Waals surface area contributed by atoms with Gasteiger partial charge in [-0.1, -0.05) is 73.7 Å². The van der Waals surface area contributed by atoms with Gasteiger partial charge in [-0.05, 0) is 68.0 Å². The highest BCUT2D eigenvalue weighted by molar-refractivity contribution is 5.88. The van der Waals surface area contributed by atoms with E-state index in [0.29, 0.717) is 12.8 Å². The van der Waals surface area contributed by atoms with Crippen LogP contribution in [0.2, 0.25) is 0 Å². The smallest absolute Gasteiger partial charge is 0.243 e. The number of rotatable bonds is 10. The van der Waals surface area contributed by atoms with E-state index in [0.717, 1.165) is 23.1 Å². The normalized spacial score (nSPS) is 12.1. The molecule has 5 heteroatoms. The summed E-state index contributed by atoms with van der Waals surface area (Å²) >= 11 is 0. The summed E-state index contributed by atoms with van der Waals surface area (Å²) in [5, 5.41) is 3.06. The Bertz CT molecular complexity index is 1120. The van der Waals surface area contributed by atoms with E-state index in [-0.39, 0.29) is 30.6 Å². The Kier molecular flexibility index (Phi) is 9.40. The van der Waals surface area contributed by atoms with Crippen LogP contribution in [0.4, 0.5) is 4.39 Å². The molecule has 0 spiro atoms. The standard InChI is InChI=1S/C31H37FN2O2/c1-5-23-11-13-24(14-12-23)17-20-29(35)34(22-26-15-18-27(32)19-16-26)28(30(36)33-31(2,3)4)21-25-9-7-6-8-10-25/h6-16,18-19,28H,5,17,20-22H2,1-4H3,(H,33,36)/t28-/m0/s1. The molecule has 190 valence electrons. The zero-order chi connectivity index (χ0) is 26.1. The Morgan fingerprint density at radius 2 is 1.42 bits per heavy atom. The minimum atomic E-state index is -0.702. The van der Waals surface area contributed by atoms with E-state index in [9.17, 15) is 14.0 Å². The van der Waals surface area contributed by atoms with Crippen molar-refractivity contribution in [3.8, 4) is 0 Å². The molecule has 36 heavy (non-hydrogen) atoms. The van der Waals surface area contributed by atoms with E-state index < -0.39 is 11.6 Å². The summed E-state index contributed by atoms with van der Waals surface area (Å²) in [4.78, 5) is 28.9. The molecule has 0 bridgehead atoms. The number of aryl methyl sites for hydroxylation is 2. The van der Waals surface area contributed by atoms with Crippen LogP contribution in [0.5, 0.6) is 0 Å². The van der Waals surface area contributed by atoms with Crippen molar-refractivity contribution in [2.45, 2.75) is 71.5 Å². The molecule has 3 rings (SSSR count). The minimum Gasteiger partial charge on any atom is -0.350 e. The molecule has 3 aromatic carbocycles. The number of halogens is 1. The lowest BCUT2D eigenvalue weighted by atomic mass is 9.99. The molecule has 0 saturated heterocycles. The SMILES string of the molecule is CCc1ccc(CCC(=O)N(Cc2ccc(F)cc2)[C@@H](Cc2ccccc2)C(=O)NC(C)(C)C)cc1. The molecule has 0 heterocycles. The molecule has 0 aliphatic heterocycles. The first-order chi connectivity index (χ1) is 17.1. The fourth-order valence-corrected chi connectivity index (χ4v) is 4.13. The zero-order valence-electron chi connectivity index (χ0n) is 21.8. The third-order valence-corrected chi connectivity index (χ3v) is 6.09. The van der Waals surface area contributed by atoms with Crippen molar-refractivity contribution in [3.05, 3.63) is 107 Å². The first-order valence-corrected chi connectivity index (χ1v) is 12.6. The van der Waals surface area contributed by atoms with Crippen molar-refractivity contribution in [3.63, 3.8) is 0 Å². The summed E-state index contributed by atoms with van der Waals surface area (Å²) < 4.78 is 13.6. The van der Waals surface area contributed by atoms with Gasteiger partial charge in [-0.15, -0.1) is 0 Å². The van der Waals surface area contributed by atoms with Crippen molar-refractivity contribution in [2.24, 2.45) is 0 Å². The second-order valence-electron chi connectivity index (χ2n) is 10.3. The molecule has 0 saturated carbocycles. The topological polar surface area (TPSA) is 49.4 Å². The highest BCUT2D eigenvalue weighted by Crippen LogP contribution is 2.18. The van der Waals surface area contributed by atoms with Crippen LogP contribution in [0.15, 0.2) is 78.9 Å². The molecule has 4 nitrogen and oxygen atoms in total. The fraction of sp³-hybridized carbons (Fsp3) is 0.355. The van der Waals surface area contributed by atoms with Crippen LogP contribution in [0.25, 0.3) is 0 Å². The van der Waals surface area contributed by atoms with Crippen molar-refractivity contribution in [2.75, 3.05) is 0 Å². The van der Waals surface area contributed by atoms with Crippen LogP contribution >= 0.6 is 0 Å². The summed E-state index contributed by atoms with van der Waals surface area (Å²) in [7, 11) is 0. The van der Waals surface area contributed by atoms with Gasteiger partial charge < -0.3 is 10.2 Å². The highest BCUT2D eigenvalue weighted by Gasteiger charge is 2.32. The number of amides is 2. The second-order valence-corrected chi connectivity index (χ2v) is 10.3. The maximum atomic E-state index is 13.7. The quantitative estimate of drug-likeness (QED) is 0.388. The monoisotopic (exact) mass is 488 g/mol. The van der Waals surface area contributed by atoms with Gasteiger partial charge in [0.1, 0.15) is 11.9 Å². The van der Waals surface area contributed by atoms with Crippen LogP contribution in [-0.4, -0.2) is 28.3 Å². The lowest BCUT2D eigenvalue weighted by Crippen LogP contribution is -2.54. The predicted octanol–water partition coefficient (Wildman–Crippen LogP) is 5.88. The van der Waals surface area contributed by atoms with E-state index in [2.05, 4.69) is 36.5 Å². The van der Waals surface area contributed by atoms with Gasteiger partial charge in [-0.2, -0.15) is 0 Å². The highest BCUT2D eigenvalue weighted by atomic mass is 19.1. The Hall–Kier alpha value is -3.47. The van der Waals surface area contributed by atoms with Crippen LogP contribution in [0.1, 0.15) is 56.4 Å². The Morgan fingerprint density at radius 3 is 2.00 bits per heavy atom. The average Bonchev–Trinajstić information content (AvgIpc) is 2.85. The van der Waals surface area contributed by atoms with Crippen LogP contribution in [0, 0.1) is 5.82 Å². The fourth-order valence-electron chi connectivity index (χ4n) is 4.13. The summed E-state index contributed by atoms with van der Waals surface area (Å²) in [5.41, 5.74) is 3.64. The van der Waals surface area contributed by atoms with E-state index >= 15 is 0 Å². The summed E-state index contributed by atoms with van der Waals surface area (Å²) in [5.74, 6) is -0.642. The largest absolute Gasteiger partial charge is 0.350 e. The van der Waals surface area contributed by atoms with Crippen molar-refractivity contribution < 1.29 is 14.0 Å². The van der Waals surface area contributed by atoms with E-state index in [4.69, 9.17) is 0 Å². The average molecular weight is 489 g/mol. The number of hydrogen-bond donors (Lipinski definition) is 1. The molecule has 1 N–H and O–H groups in total. The first-order valence-electron chi connectivity index (χ1n) is 12.6. The molecule has 0 radical (unpaired) electrons. The van der Waals surface area contributed by atoms with Crippen molar-refractivity contribution >= 4 is 11.8 Å². The maximum absolute atomic E-state index is 13.7. The van der Waals surface area contributed by atoms with Gasteiger partial charge in [-0.25, -0.2) is 4.39 Å². The maximum Gasteiger partial charge on any atom is 0.243 e. The molecule has 0 unspecified atom stereocenters. The lowest BCUT2D eigenvalue weighted by Gasteiger charge is -2.34. The van der Waals surface area contributed by atoms with Crippen molar-refractivity contribution in [1.82, 2.24) is 10.2 Å². The second kappa shape index (κ2) is 12.5. The van der Waals surface area contributed by atoms with Crippen LogP contribution in [-0.2, 0) is 35.4 Å². The van der Waals surface area contributed by atoms with Gasteiger partial charge >= 0.3 is 0 Å². The molecular formula is C31H37FN2O2. The molecule has 1 atom stereocenters. The number of hydrogen-bond acceptors (Lipinski definition) is 2. The number of nitrogens with zero attached hydrogens (tertiary/aromatic N) is 1. The van der Waals surface area contributed by atoms with E-state index in [1.165, 1.54) is 17.7 Å². The molecule has 2 amide bonds. The molecule has 0 aromatic heterocycles. The third kappa shape index (κ3) is 8.33. The van der Waals surface area contributed by atoms with Gasteiger partial charge in [0.25, 0.3) is 0 Å². The summed E-state index contributed by atoms with van der Waals surface area (Å²) in [6, 6.07) is 23.4. The zero-order valence-corrected chi connectivity index (χ0v) is 21.8. The Labute approximate surface area is 214 Å². The Balaban J connectivity index is 1.90. The number of carbonyl (C=O) groups is 2. The summed E-state index contributed by atoms with van der Waals surface area (Å²) in [6.45, 7) is 8.12. The molecule has 3 aromatic rings. The third-order valence-electron chi connectivity index (χ3n) is 6.09. The van der Waals surface area contributed by atoms with E-state index in [1.807, 2.05) is 51.1 Å². The number of benzene rings is 3. The first kappa shape index (κ1) is 27.1. The number of nitrogens with one attached hydrogen (secondary N) is 1. The molecule has 0 fully saturated rings. The lowest BCUT2D eigenvalue weighted by molar-refractivity contribution is -0.141. The van der Waals surface area contributed by atoms with Gasteiger partial charge in [0.05, 0.1) is 0 Å². The van der Waals surface area contributed by atoms with Crippen molar-refractivity contribution in [1.29, 1.82) is 0 Å². The van der Waals surface area contributed by atoms with Gasteiger partial charge in [-0.3, -0.25) is 9.59 Å². The van der Waals surface area contributed by atoms with E-state index in [1.54, 1.807) is 17.0 Å².